The summed E-state index contributed by atoms with van der Waals surface area (Å²) in [5, 5.41) is 9.72. The molecular formula is C12H26O2. The van der Waals surface area contributed by atoms with Crippen LogP contribution < -0.4 is 0 Å². The molecule has 1 unspecified atom stereocenters. The Labute approximate surface area is 88.7 Å². The van der Waals surface area contributed by atoms with Crippen molar-refractivity contribution in [1.29, 1.82) is 0 Å². The molecule has 1 atom stereocenters. The van der Waals surface area contributed by atoms with Crippen molar-refractivity contribution in [1.82, 2.24) is 0 Å². The van der Waals surface area contributed by atoms with Crippen molar-refractivity contribution in [3.05, 3.63) is 0 Å². The minimum atomic E-state index is -0.306. The lowest BCUT2D eigenvalue weighted by atomic mass is 9.96. The predicted molar refractivity (Wildman–Crippen MR) is 60.4 cm³/mol. The Morgan fingerprint density at radius 3 is 2.00 bits per heavy atom. The molecule has 0 aromatic heterocycles. The van der Waals surface area contributed by atoms with Gasteiger partial charge in [0.15, 0.2) is 0 Å². The molecule has 2 nitrogen and oxygen atoms in total. The van der Waals surface area contributed by atoms with Crippen LogP contribution in [0.3, 0.4) is 0 Å². The van der Waals surface area contributed by atoms with Crippen LogP contribution in [0.5, 0.6) is 0 Å². The summed E-state index contributed by atoms with van der Waals surface area (Å²) in [6.45, 7) is 10.8. The van der Waals surface area contributed by atoms with Crippen molar-refractivity contribution in [3.63, 3.8) is 0 Å². The Hall–Kier alpha value is -0.0800. The summed E-state index contributed by atoms with van der Waals surface area (Å²) in [4.78, 5) is 0. The highest BCUT2D eigenvalue weighted by Crippen LogP contribution is 2.16. The van der Waals surface area contributed by atoms with Gasteiger partial charge in [-0.1, -0.05) is 26.7 Å². The minimum Gasteiger partial charge on any atom is -0.391 e. The summed E-state index contributed by atoms with van der Waals surface area (Å²) >= 11 is 0. The van der Waals surface area contributed by atoms with E-state index in [9.17, 15) is 5.11 Å². The molecule has 86 valence electrons. The smallest absolute Gasteiger partial charge is 0.0776 e. The topological polar surface area (TPSA) is 29.5 Å². The summed E-state index contributed by atoms with van der Waals surface area (Å²) < 4.78 is 5.53. The van der Waals surface area contributed by atoms with Gasteiger partial charge in [-0.2, -0.15) is 0 Å². The molecule has 0 spiro atoms. The Balaban J connectivity index is 3.69. The first kappa shape index (κ1) is 13.9. The molecule has 0 rings (SSSR count). The van der Waals surface area contributed by atoms with Gasteiger partial charge in [0.2, 0.25) is 0 Å². The zero-order valence-corrected chi connectivity index (χ0v) is 10.3. The van der Waals surface area contributed by atoms with Crippen molar-refractivity contribution >= 4 is 0 Å². The molecular weight excluding hydrogens is 176 g/mol. The maximum Gasteiger partial charge on any atom is 0.0776 e. The molecule has 0 aromatic carbocycles. The minimum absolute atomic E-state index is 0.144. The molecule has 14 heavy (non-hydrogen) atoms. The van der Waals surface area contributed by atoms with Crippen molar-refractivity contribution in [2.24, 2.45) is 5.92 Å². The quantitative estimate of drug-likeness (QED) is 0.717. The van der Waals surface area contributed by atoms with Gasteiger partial charge in [-0.25, -0.2) is 0 Å². The van der Waals surface area contributed by atoms with Gasteiger partial charge in [-0.05, 0) is 33.1 Å². The molecule has 0 aromatic rings. The average molecular weight is 202 g/mol. The number of hydrogen-bond acceptors (Lipinski definition) is 2. The van der Waals surface area contributed by atoms with Gasteiger partial charge < -0.3 is 9.84 Å². The lowest BCUT2D eigenvalue weighted by molar-refractivity contribution is -0.0543. The van der Waals surface area contributed by atoms with Gasteiger partial charge in [0.1, 0.15) is 0 Å². The first-order chi connectivity index (χ1) is 6.39. The van der Waals surface area contributed by atoms with Gasteiger partial charge >= 0.3 is 0 Å². The van der Waals surface area contributed by atoms with Crippen LogP contribution in [0.1, 0.15) is 53.9 Å². The number of rotatable bonds is 6. The monoisotopic (exact) mass is 202 g/mol. The zero-order chi connectivity index (χ0) is 11.2. The lowest BCUT2D eigenvalue weighted by Gasteiger charge is -2.23. The van der Waals surface area contributed by atoms with Gasteiger partial charge in [0, 0.05) is 0 Å². The second kappa shape index (κ2) is 6.41. The van der Waals surface area contributed by atoms with Crippen molar-refractivity contribution < 1.29 is 9.84 Å². The van der Waals surface area contributed by atoms with Gasteiger partial charge in [0.25, 0.3) is 0 Å². The van der Waals surface area contributed by atoms with Crippen LogP contribution in [0.15, 0.2) is 0 Å². The Kier molecular flexibility index (Phi) is 6.38. The fraction of sp³-hybridized carbons (Fsp3) is 1.00. The first-order valence-electron chi connectivity index (χ1n) is 5.71. The molecule has 0 radical (unpaired) electrons. The standard InChI is InChI=1S/C12H26O2/c1-6-10(7-2)8-11(13)9-14-12(3,4)5/h10-11,13H,6-9H2,1-5H3. The third kappa shape index (κ3) is 7.34. The molecule has 0 amide bonds. The van der Waals surface area contributed by atoms with Gasteiger partial charge in [0.05, 0.1) is 18.3 Å². The van der Waals surface area contributed by atoms with E-state index in [0.29, 0.717) is 12.5 Å². The molecule has 0 aliphatic carbocycles. The van der Waals surface area contributed by atoms with Crippen LogP contribution in [0, 0.1) is 5.92 Å². The fourth-order valence-corrected chi connectivity index (χ4v) is 1.42. The molecule has 1 N–H and O–H groups in total. The highest BCUT2D eigenvalue weighted by atomic mass is 16.5. The molecule has 0 aliphatic heterocycles. The van der Waals surface area contributed by atoms with Crippen LogP contribution >= 0.6 is 0 Å². The third-order valence-corrected chi connectivity index (χ3v) is 2.47. The molecule has 2 heteroatoms. The van der Waals surface area contributed by atoms with Crippen molar-refractivity contribution in [2.45, 2.75) is 65.6 Å². The summed E-state index contributed by atoms with van der Waals surface area (Å²) in [6, 6.07) is 0. The summed E-state index contributed by atoms with van der Waals surface area (Å²) in [5.41, 5.74) is -0.144. The van der Waals surface area contributed by atoms with E-state index in [4.69, 9.17) is 4.74 Å². The van der Waals surface area contributed by atoms with Crippen molar-refractivity contribution in [2.75, 3.05) is 6.61 Å². The molecule has 0 aliphatic rings. The number of aliphatic hydroxyl groups excluding tert-OH is 1. The molecule has 0 fully saturated rings. The van der Waals surface area contributed by atoms with E-state index in [1.165, 1.54) is 0 Å². The third-order valence-electron chi connectivity index (χ3n) is 2.47. The summed E-state index contributed by atoms with van der Waals surface area (Å²) in [5.74, 6) is 0.633. The van der Waals surface area contributed by atoms with Crippen molar-refractivity contribution in [3.8, 4) is 0 Å². The average Bonchev–Trinajstić information content (AvgIpc) is 2.09. The summed E-state index contributed by atoms with van der Waals surface area (Å²) in [7, 11) is 0. The van der Waals surface area contributed by atoms with Crippen LogP contribution in [0.4, 0.5) is 0 Å². The molecule has 0 saturated carbocycles. The Morgan fingerprint density at radius 2 is 1.64 bits per heavy atom. The second-order valence-corrected chi connectivity index (χ2v) is 5.00. The maximum atomic E-state index is 9.72. The zero-order valence-electron chi connectivity index (χ0n) is 10.3. The van der Waals surface area contributed by atoms with Crippen LogP contribution in [0.25, 0.3) is 0 Å². The fourth-order valence-electron chi connectivity index (χ4n) is 1.42. The van der Waals surface area contributed by atoms with Crippen LogP contribution in [-0.2, 0) is 4.74 Å². The Morgan fingerprint density at radius 1 is 1.14 bits per heavy atom. The van der Waals surface area contributed by atoms with E-state index in [1.807, 2.05) is 20.8 Å². The van der Waals surface area contributed by atoms with Crippen LogP contribution in [-0.4, -0.2) is 23.4 Å². The van der Waals surface area contributed by atoms with E-state index in [1.54, 1.807) is 0 Å². The van der Waals surface area contributed by atoms with E-state index >= 15 is 0 Å². The maximum absolute atomic E-state index is 9.72. The normalized spacial score (nSPS) is 14.8. The number of ether oxygens (including phenoxy) is 1. The molecule has 0 bridgehead atoms. The SMILES string of the molecule is CCC(CC)CC(O)COC(C)(C)C. The number of hydrogen-bond donors (Lipinski definition) is 1. The number of aliphatic hydroxyl groups is 1. The molecule has 0 saturated heterocycles. The summed E-state index contributed by atoms with van der Waals surface area (Å²) in [6.07, 6.45) is 2.84. The Bertz CT molecular complexity index is 134. The van der Waals surface area contributed by atoms with E-state index in [2.05, 4.69) is 13.8 Å². The highest BCUT2D eigenvalue weighted by molar-refractivity contribution is 4.65. The molecule has 0 heterocycles. The highest BCUT2D eigenvalue weighted by Gasteiger charge is 2.16. The van der Waals surface area contributed by atoms with E-state index < -0.39 is 0 Å². The van der Waals surface area contributed by atoms with Gasteiger partial charge in [-0.15, -0.1) is 0 Å². The first-order valence-corrected chi connectivity index (χ1v) is 5.71. The van der Waals surface area contributed by atoms with E-state index in [-0.39, 0.29) is 11.7 Å². The van der Waals surface area contributed by atoms with E-state index in [0.717, 1.165) is 19.3 Å². The van der Waals surface area contributed by atoms with Gasteiger partial charge in [-0.3, -0.25) is 0 Å². The largest absolute Gasteiger partial charge is 0.391 e. The lowest BCUT2D eigenvalue weighted by Crippen LogP contribution is -2.27. The van der Waals surface area contributed by atoms with Crippen LogP contribution in [0.2, 0.25) is 0 Å². The predicted octanol–water partition coefficient (Wildman–Crippen LogP) is 2.99. The second-order valence-electron chi connectivity index (χ2n) is 5.00.